The van der Waals surface area contributed by atoms with Gasteiger partial charge in [0.15, 0.2) is 0 Å². The highest BCUT2D eigenvalue weighted by Crippen LogP contribution is 2.33. The van der Waals surface area contributed by atoms with Crippen LogP contribution in [0, 0.1) is 11.6 Å². The molecule has 2 aromatic rings. The van der Waals surface area contributed by atoms with E-state index in [-0.39, 0.29) is 5.56 Å². The molecule has 34 heavy (non-hydrogen) atoms. The van der Waals surface area contributed by atoms with Gasteiger partial charge in [0, 0.05) is 41.2 Å². The lowest BCUT2D eigenvalue weighted by molar-refractivity contribution is 0.568. The lowest BCUT2D eigenvalue weighted by atomic mass is 10.0. The molecule has 1 heterocycles. The maximum atomic E-state index is 14.7. The van der Waals surface area contributed by atoms with E-state index in [0.717, 1.165) is 56.6 Å². The van der Waals surface area contributed by atoms with Crippen molar-refractivity contribution in [3.05, 3.63) is 59.7 Å². The summed E-state index contributed by atoms with van der Waals surface area (Å²) in [6.45, 7) is 2.05. The van der Waals surface area contributed by atoms with E-state index < -0.39 is 37.2 Å². The summed E-state index contributed by atoms with van der Waals surface area (Å²) in [5, 5.41) is -0.652. The number of hydrogen-bond acceptors (Lipinski definition) is 3. The monoisotopic (exact) mass is 507 g/mol. The number of anilines is 1. The Bertz CT molecular complexity index is 1130. The maximum absolute atomic E-state index is 14.7. The Labute approximate surface area is 205 Å². The van der Waals surface area contributed by atoms with Gasteiger partial charge in [0.2, 0.25) is 0 Å². The van der Waals surface area contributed by atoms with Gasteiger partial charge < -0.3 is 4.90 Å². The zero-order valence-corrected chi connectivity index (χ0v) is 21.6. The van der Waals surface area contributed by atoms with Crippen LogP contribution in [0.5, 0.6) is 0 Å². The Hall–Kier alpha value is -1.73. The summed E-state index contributed by atoms with van der Waals surface area (Å²) in [6, 6.07) is 11.1. The molecule has 1 saturated heterocycles. The highest BCUT2D eigenvalue weighted by atomic mass is 32.2. The molecule has 2 fully saturated rings. The first kappa shape index (κ1) is 25.4. The predicted molar refractivity (Wildman–Crippen MR) is 140 cm³/mol. The van der Waals surface area contributed by atoms with Crippen LogP contribution in [0.2, 0.25) is 0 Å². The zero-order valence-electron chi connectivity index (χ0n) is 19.9. The van der Waals surface area contributed by atoms with E-state index in [0.29, 0.717) is 23.5 Å². The maximum Gasteiger partial charge on any atom is 0.127 e. The summed E-state index contributed by atoms with van der Waals surface area (Å²) in [6.07, 6.45) is 10.3. The molecule has 7 heteroatoms. The molecule has 3 atom stereocenters. The molecule has 186 valence electrons. The molecule has 1 saturated carbocycles. The van der Waals surface area contributed by atoms with Gasteiger partial charge in [-0.15, -0.1) is 0 Å². The van der Waals surface area contributed by atoms with Crippen molar-refractivity contribution in [2.24, 2.45) is 0 Å². The van der Waals surface area contributed by atoms with Gasteiger partial charge in [0.1, 0.15) is 11.6 Å². The van der Waals surface area contributed by atoms with Crippen LogP contribution >= 0.6 is 0 Å². The molecule has 2 aromatic carbocycles. The van der Waals surface area contributed by atoms with Crippen molar-refractivity contribution in [3.8, 4) is 0 Å². The van der Waals surface area contributed by atoms with E-state index in [1.54, 1.807) is 0 Å². The van der Waals surface area contributed by atoms with Crippen molar-refractivity contribution >= 4 is 30.9 Å². The number of nitrogens with zero attached hydrogens (tertiary/aromatic N) is 1. The fraction of sp³-hybridized carbons (Fsp3) is 0.519. The molecule has 0 radical (unpaired) electrons. The number of rotatable bonds is 9. The molecule has 3 unspecified atom stereocenters. The largest absolute Gasteiger partial charge is 0.372 e. The number of benzene rings is 2. The van der Waals surface area contributed by atoms with Gasteiger partial charge >= 0.3 is 0 Å². The first-order valence-electron chi connectivity index (χ1n) is 12.4. The second kappa shape index (κ2) is 11.3. The molecule has 0 bridgehead atoms. The van der Waals surface area contributed by atoms with Gasteiger partial charge in [-0.3, -0.25) is 8.42 Å². The second-order valence-corrected chi connectivity index (χ2v) is 14.2. The molecular weight excluding hydrogens is 472 g/mol. The van der Waals surface area contributed by atoms with Crippen molar-refractivity contribution in [3.63, 3.8) is 0 Å². The zero-order chi connectivity index (χ0) is 24.1. The lowest BCUT2D eigenvalue weighted by Crippen LogP contribution is -2.29. The van der Waals surface area contributed by atoms with E-state index in [1.807, 2.05) is 30.5 Å². The third-order valence-electron chi connectivity index (χ3n) is 7.13. The van der Waals surface area contributed by atoms with Crippen LogP contribution in [0.4, 0.5) is 14.5 Å². The molecule has 1 aliphatic carbocycles. The third-order valence-corrected chi connectivity index (χ3v) is 11.6. The third kappa shape index (κ3) is 6.09. The molecule has 4 rings (SSSR count). The quantitative estimate of drug-likeness (QED) is 0.298. The number of halogens is 2. The molecule has 3 nitrogen and oxygen atoms in total. The van der Waals surface area contributed by atoms with Gasteiger partial charge in [-0.05, 0) is 108 Å². The molecule has 0 amide bonds. The molecule has 1 aliphatic heterocycles. The Morgan fingerprint density at radius 2 is 1.68 bits per heavy atom. The molecule has 0 spiro atoms. The van der Waals surface area contributed by atoms with E-state index in [2.05, 4.69) is 4.90 Å². The van der Waals surface area contributed by atoms with Crippen LogP contribution in [0.1, 0.15) is 68.6 Å². The van der Waals surface area contributed by atoms with E-state index in [9.17, 15) is 17.2 Å². The molecule has 2 aliphatic rings. The minimum Gasteiger partial charge on any atom is -0.372 e. The Morgan fingerprint density at radius 3 is 2.32 bits per heavy atom. The summed E-state index contributed by atoms with van der Waals surface area (Å²) >= 11 is 0. The fourth-order valence-corrected chi connectivity index (χ4v) is 8.57. The first-order chi connectivity index (χ1) is 16.3. The minimum absolute atomic E-state index is 0.157. The average Bonchev–Trinajstić information content (AvgIpc) is 2.80. The standard InChI is InChI=1S/C27H35F2NO2S2/c1-34(32,24-8-7-9-24)19-6-3-10-27(25-20-21(28)11-16-26(25)29)33(31)23-14-12-22(13-15-23)30-17-4-2-5-18-30/h11-16,20,27H,2-10,17-19H2,1H3. The van der Waals surface area contributed by atoms with Crippen molar-refractivity contribution < 1.29 is 17.2 Å². The SMILES string of the molecule is CS(=O)(CCCCC(c1cc(F)ccc1F)S(=O)c1ccc(N2CCCCC2)cc1)=C1CCC1. The highest BCUT2D eigenvalue weighted by molar-refractivity contribution is 8.01. The number of unbranched alkanes of at least 4 members (excludes halogenated alkanes) is 1. The van der Waals surface area contributed by atoms with Gasteiger partial charge in [0.25, 0.3) is 0 Å². The fourth-order valence-electron chi connectivity index (χ4n) is 4.85. The Morgan fingerprint density at radius 1 is 0.971 bits per heavy atom. The van der Waals surface area contributed by atoms with Gasteiger partial charge in [-0.1, -0.05) is 6.42 Å². The Balaban J connectivity index is 1.49. The molecular formula is C27H35F2NO2S2. The van der Waals surface area contributed by atoms with Crippen molar-refractivity contribution in [1.82, 2.24) is 0 Å². The van der Waals surface area contributed by atoms with E-state index in [4.69, 9.17) is 0 Å². The molecule has 0 N–H and O–H groups in total. The van der Waals surface area contributed by atoms with Crippen LogP contribution in [-0.4, -0.2) is 38.4 Å². The van der Waals surface area contributed by atoms with Crippen molar-refractivity contribution in [2.75, 3.05) is 30.0 Å². The van der Waals surface area contributed by atoms with Crippen molar-refractivity contribution in [2.45, 2.75) is 67.9 Å². The van der Waals surface area contributed by atoms with Gasteiger partial charge in [-0.25, -0.2) is 8.78 Å². The predicted octanol–water partition coefficient (Wildman–Crippen LogP) is 6.24. The van der Waals surface area contributed by atoms with Gasteiger partial charge in [0.05, 0.1) is 16.0 Å². The smallest absolute Gasteiger partial charge is 0.127 e. The number of hydrogen-bond donors (Lipinski definition) is 0. The topological polar surface area (TPSA) is 37.4 Å². The van der Waals surface area contributed by atoms with Crippen molar-refractivity contribution in [1.29, 1.82) is 0 Å². The second-order valence-electron chi connectivity index (χ2n) is 9.59. The number of piperidine rings is 1. The Kier molecular flexibility index (Phi) is 8.46. The summed E-state index contributed by atoms with van der Waals surface area (Å²) in [4.78, 5) is 4.14. The first-order valence-corrected chi connectivity index (χ1v) is 15.7. The van der Waals surface area contributed by atoms with E-state index >= 15 is 0 Å². The summed E-state index contributed by atoms with van der Waals surface area (Å²) < 4.78 is 55.2. The summed E-state index contributed by atoms with van der Waals surface area (Å²) in [5.41, 5.74) is 1.27. The van der Waals surface area contributed by atoms with Crippen LogP contribution < -0.4 is 4.90 Å². The normalized spacial score (nSPS) is 19.9. The average molecular weight is 508 g/mol. The highest BCUT2D eigenvalue weighted by Gasteiger charge is 2.25. The minimum atomic E-state index is -1.94. The van der Waals surface area contributed by atoms with Crippen LogP contribution in [-0.2, 0) is 20.3 Å². The van der Waals surface area contributed by atoms with Gasteiger partial charge in [-0.2, -0.15) is 0 Å². The van der Waals surface area contributed by atoms with Crippen LogP contribution in [0.15, 0.2) is 47.4 Å². The van der Waals surface area contributed by atoms with E-state index in [1.165, 1.54) is 30.2 Å². The summed E-state index contributed by atoms with van der Waals surface area (Å²) in [5.74, 6) is -0.455. The molecule has 0 aromatic heterocycles. The van der Waals surface area contributed by atoms with Crippen LogP contribution in [0.25, 0.3) is 0 Å². The van der Waals surface area contributed by atoms with Crippen LogP contribution in [0.3, 0.4) is 0 Å². The lowest BCUT2D eigenvalue weighted by Gasteiger charge is -2.29. The summed E-state index contributed by atoms with van der Waals surface area (Å²) in [7, 11) is -3.47.